The van der Waals surface area contributed by atoms with Gasteiger partial charge >= 0.3 is 5.97 Å². The molecule has 0 aromatic carbocycles. The van der Waals surface area contributed by atoms with Crippen LogP contribution in [0.25, 0.3) is 11.6 Å². The van der Waals surface area contributed by atoms with Crippen molar-refractivity contribution in [3.63, 3.8) is 0 Å². The molecule has 9 heteroatoms. The molecule has 1 saturated heterocycles. The van der Waals surface area contributed by atoms with E-state index in [2.05, 4.69) is 10.1 Å². The molecular weight excluding hydrogens is 304 g/mol. The average molecular weight is 320 g/mol. The summed E-state index contributed by atoms with van der Waals surface area (Å²) in [4.78, 5) is 28.8. The van der Waals surface area contributed by atoms with E-state index in [1.54, 1.807) is 12.1 Å². The highest BCUT2D eigenvalue weighted by Crippen LogP contribution is 2.20. The van der Waals surface area contributed by atoms with Gasteiger partial charge in [-0.2, -0.15) is 4.98 Å². The normalized spacial score (nSPS) is 20.8. The number of hydrogen-bond donors (Lipinski definition) is 2. The van der Waals surface area contributed by atoms with E-state index < -0.39 is 12.0 Å². The van der Waals surface area contributed by atoms with Crippen LogP contribution in [0.1, 0.15) is 18.7 Å². The lowest BCUT2D eigenvalue weighted by molar-refractivity contribution is -0.148. The number of carboxylic acids is 1. The van der Waals surface area contributed by atoms with Crippen molar-refractivity contribution >= 4 is 11.9 Å². The molecule has 0 aliphatic carbocycles. The number of aryl methyl sites for hydroxylation is 1. The molecule has 2 aromatic rings. The third-order valence-electron chi connectivity index (χ3n) is 3.70. The lowest BCUT2D eigenvalue weighted by atomic mass is 10.2. The van der Waals surface area contributed by atoms with Gasteiger partial charge < -0.3 is 24.7 Å². The SMILES string of the molecule is N[C@H]1C[C@@H](C(=O)O)N(C(=O)CCc2nc(-c3ccco3)no2)C1. The minimum absolute atomic E-state index is 0.0797. The predicted octanol–water partition coefficient (Wildman–Crippen LogP) is 0.275. The van der Waals surface area contributed by atoms with E-state index in [1.807, 2.05) is 0 Å². The molecule has 3 N–H and O–H groups in total. The molecule has 3 rings (SSSR count). The minimum Gasteiger partial charge on any atom is -0.480 e. The van der Waals surface area contributed by atoms with Gasteiger partial charge in [0.1, 0.15) is 6.04 Å². The first-order valence-electron chi connectivity index (χ1n) is 7.19. The highest BCUT2D eigenvalue weighted by atomic mass is 16.5. The Bertz CT molecular complexity index is 696. The van der Waals surface area contributed by atoms with Gasteiger partial charge in [0.05, 0.1) is 6.26 Å². The fourth-order valence-electron chi connectivity index (χ4n) is 2.60. The third-order valence-corrected chi connectivity index (χ3v) is 3.70. The van der Waals surface area contributed by atoms with Crippen LogP contribution in [-0.2, 0) is 16.0 Å². The molecule has 0 unspecified atom stereocenters. The number of aromatic nitrogens is 2. The number of nitrogens with two attached hydrogens (primary N) is 1. The highest BCUT2D eigenvalue weighted by Gasteiger charge is 2.37. The second-order valence-electron chi connectivity index (χ2n) is 5.38. The summed E-state index contributed by atoms with van der Waals surface area (Å²) >= 11 is 0. The number of nitrogens with zero attached hydrogens (tertiary/aromatic N) is 3. The molecule has 0 bridgehead atoms. The molecule has 0 radical (unpaired) electrons. The van der Waals surface area contributed by atoms with E-state index in [9.17, 15) is 9.59 Å². The van der Waals surface area contributed by atoms with Crippen molar-refractivity contribution < 1.29 is 23.6 Å². The first-order chi connectivity index (χ1) is 11.0. The Morgan fingerprint density at radius 1 is 1.48 bits per heavy atom. The fraction of sp³-hybridized carbons (Fsp3) is 0.429. The van der Waals surface area contributed by atoms with Crippen LogP contribution in [0.2, 0.25) is 0 Å². The zero-order valence-electron chi connectivity index (χ0n) is 12.2. The van der Waals surface area contributed by atoms with Crippen molar-refractivity contribution in [3.05, 3.63) is 24.3 Å². The Morgan fingerprint density at radius 3 is 3.00 bits per heavy atom. The Labute approximate surface area is 131 Å². The molecular formula is C14H16N4O5. The van der Waals surface area contributed by atoms with Gasteiger partial charge in [-0.05, 0) is 18.6 Å². The summed E-state index contributed by atoms with van der Waals surface area (Å²) in [6, 6.07) is 2.23. The van der Waals surface area contributed by atoms with Crippen molar-refractivity contribution in [1.82, 2.24) is 15.0 Å². The summed E-state index contributed by atoms with van der Waals surface area (Å²) in [5.41, 5.74) is 5.75. The van der Waals surface area contributed by atoms with Crippen LogP contribution in [0.3, 0.4) is 0 Å². The van der Waals surface area contributed by atoms with Crippen molar-refractivity contribution in [2.75, 3.05) is 6.54 Å². The number of furan rings is 1. The first kappa shape index (κ1) is 15.2. The zero-order chi connectivity index (χ0) is 16.4. The molecule has 1 amide bonds. The largest absolute Gasteiger partial charge is 0.480 e. The van der Waals surface area contributed by atoms with Crippen LogP contribution >= 0.6 is 0 Å². The molecule has 3 heterocycles. The zero-order valence-corrected chi connectivity index (χ0v) is 12.2. The monoisotopic (exact) mass is 320 g/mol. The van der Waals surface area contributed by atoms with Gasteiger partial charge in [0.2, 0.25) is 17.6 Å². The highest BCUT2D eigenvalue weighted by molar-refractivity contribution is 5.84. The number of carbonyl (C=O) groups is 2. The van der Waals surface area contributed by atoms with E-state index >= 15 is 0 Å². The standard InChI is InChI=1S/C14H16N4O5/c15-8-6-9(14(20)21)18(7-8)12(19)4-3-11-16-13(17-23-11)10-2-1-5-22-10/h1-2,5,8-9H,3-4,6-7,15H2,(H,20,21)/t8-,9-/m0/s1. The third kappa shape index (κ3) is 3.24. The van der Waals surface area contributed by atoms with Gasteiger partial charge in [0, 0.05) is 25.4 Å². The van der Waals surface area contributed by atoms with Gasteiger partial charge in [-0.15, -0.1) is 0 Å². The minimum atomic E-state index is -1.04. The molecule has 0 saturated carbocycles. The Balaban J connectivity index is 1.60. The van der Waals surface area contributed by atoms with Crippen molar-refractivity contribution in [1.29, 1.82) is 0 Å². The second-order valence-corrected chi connectivity index (χ2v) is 5.38. The lowest BCUT2D eigenvalue weighted by Crippen LogP contribution is -2.40. The molecule has 122 valence electrons. The number of carbonyl (C=O) groups excluding carboxylic acids is 1. The van der Waals surface area contributed by atoms with Crippen LogP contribution in [-0.4, -0.2) is 50.7 Å². The number of hydrogen-bond acceptors (Lipinski definition) is 7. The first-order valence-corrected chi connectivity index (χ1v) is 7.19. The van der Waals surface area contributed by atoms with E-state index in [0.29, 0.717) is 17.5 Å². The summed E-state index contributed by atoms with van der Waals surface area (Å²) in [6.45, 7) is 0.247. The van der Waals surface area contributed by atoms with Crippen LogP contribution in [0.4, 0.5) is 0 Å². The average Bonchev–Trinajstić information content (AvgIpc) is 3.24. The molecule has 2 atom stereocenters. The van der Waals surface area contributed by atoms with Gasteiger partial charge in [0.15, 0.2) is 5.76 Å². The van der Waals surface area contributed by atoms with E-state index in [-0.39, 0.29) is 37.8 Å². The van der Waals surface area contributed by atoms with E-state index in [0.717, 1.165) is 0 Å². The smallest absolute Gasteiger partial charge is 0.326 e. The number of amides is 1. The van der Waals surface area contributed by atoms with E-state index in [1.165, 1.54) is 11.2 Å². The topological polar surface area (TPSA) is 136 Å². The number of rotatable bonds is 5. The maximum absolute atomic E-state index is 12.2. The Kier molecular flexibility index (Phi) is 4.11. The Hall–Kier alpha value is -2.68. The summed E-state index contributed by atoms with van der Waals surface area (Å²) in [6.07, 6.45) is 2.07. The molecule has 0 spiro atoms. The number of aliphatic carboxylic acids is 1. The van der Waals surface area contributed by atoms with Crippen LogP contribution in [0.15, 0.2) is 27.3 Å². The van der Waals surface area contributed by atoms with Gasteiger partial charge in [-0.3, -0.25) is 4.79 Å². The Morgan fingerprint density at radius 2 is 2.30 bits per heavy atom. The quantitative estimate of drug-likeness (QED) is 0.801. The molecule has 2 aromatic heterocycles. The van der Waals surface area contributed by atoms with Crippen molar-refractivity contribution in [2.24, 2.45) is 5.73 Å². The summed E-state index contributed by atoms with van der Waals surface area (Å²) in [5.74, 6) is -0.251. The predicted molar refractivity (Wildman–Crippen MR) is 76.1 cm³/mol. The second kappa shape index (κ2) is 6.21. The van der Waals surface area contributed by atoms with Gasteiger partial charge in [0.25, 0.3) is 0 Å². The molecule has 1 aliphatic rings. The maximum atomic E-state index is 12.2. The maximum Gasteiger partial charge on any atom is 0.326 e. The van der Waals surface area contributed by atoms with Crippen LogP contribution in [0, 0.1) is 0 Å². The van der Waals surface area contributed by atoms with E-state index in [4.69, 9.17) is 19.8 Å². The number of likely N-dealkylation sites (tertiary alicyclic amines) is 1. The van der Waals surface area contributed by atoms with Gasteiger partial charge in [-0.25, -0.2) is 4.79 Å². The molecule has 23 heavy (non-hydrogen) atoms. The lowest BCUT2D eigenvalue weighted by Gasteiger charge is -2.20. The molecule has 9 nitrogen and oxygen atoms in total. The van der Waals surface area contributed by atoms with Crippen molar-refractivity contribution in [2.45, 2.75) is 31.3 Å². The van der Waals surface area contributed by atoms with Crippen LogP contribution in [0.5, 0.6) is 0 Å². The summed E-state index contributed by atoms with van der Waals surface area (Å²) in [5, 5.41) is 12.9. The summed E-state index contributed by atoms with van der Waals surface area (Å²) < 4.78 is 10.2. The van der Waals surface area contributed by atoms with Crippen LogP contribution < -0.4 is 5.73 Å². The summed E-state index contributed by atoms with van der Waals surface area (Å²) in [7, 11) is 0. The fourth-order valence-corrected chi connectivity index (χ4v) is 2.60. The number of carboxylic acid groups (broad SMARTS) is 1. The molecule has 1 aliphatic heterocycles. The van der Waals surface area contributed by atoms with Crippen molar-refractivity contribution in [3.8, 4) is 11.6 Å². The molecule has 1 fully saturated rings. The van der Waals surface area contributed by atoms with Gasteiger partial charge in [-0.1, -0.05) is 5.16 Å².